The van der Waals surface area contributed by atoms with Crippen molar-refractivity contribution in [2.75, 3.05) is 33.7 Å². The van der Waals surface area contributed by atoms with Crippen molar-refractivity contribution in [3.05, 3.63) is 65.7 Å². The van der Waals surface area contributed by atoms with E-state index in [0.29, 0.717) is 37.4 Å². The Morgan fingerprint density at radius 1 is 1.06 bits per heavy atom. The van der Waals surface area contributed by atoms with Gasteiger partial charge in [-0.1, -0.05) is 48.0 Å². The maximum Gasteiger partial charge on any atom is 0.315 e. The van der Waals surface area contributed by atoms with Crippen LogP contribution in [0.1, 0.15) is 30.0 Å². The molecule has 1 aliphatic heterocycles. The Balaban J connectivity index is 1.55. The van der Waals surface area contributed by atoms with Gasteiger partial charge in [-0.25, -0.2) is 13.2 Å². The molecule has 0 radical (unpaired) electrons. The van der Waals surface area contributed by atoms with Crippen molar-refractivity contribution in [2.24, 2.45) is 0 Å². The number of carbonyl (C=O) groups is 1. The van der Waals surface area contributed by atoms with Gasteiger partial charge in [0.05, 0.1) is 10.9 Å². The number of hydrogen-bond acceptors (Lipinski definition) is 4. The molecule has 0 spiro atoms. The van der Waals surface area contributed by atoms with E-state index in [-0.39, 0.29) is 18.1 Å². The summed E-state index contributed by atoms with van der Waals surface area (Å²) < 4.78 is 27.2. The quantitative estimate of drug-likeness (QED) is 0.688. The number of likely N-dealkylation sites (N-methyl/N-ethyl adjacent to an activating group) is 1. The number of urea groups is 1. The number of benzene rings is 2. The largest absolute Gasteiger partial charge is 0.335 e. The highest BCUT2D eigenvalue weighted by Crippen LogP contribution is 2.21. The van der Waals surface area contributed by atoms with E-state index < -0.39 is 10.0 Å². The Morgan fingerprint density at radius 3 is 2.26 bits per heavy atom. The van der Waals surface area contributed by atoms with Crippen molar-refractivity contribution in [1.82, 2.24) is 19.8 Å². The Morgan fingerprint density at radius 2 is 1.68 bits per heavy atom. The molecule has 1 fully saturated rings. The lowest BCUT2D eigenvalue weighted by molar-refractivity contribution is 0.220. The van der Waals surface area contributed by atoms with E-state index >= 15 is 0 Å². The minimum Gasteiger partial charge on any atom is -0.335 e. The maximum absolute atomic E-state index is 12.9. The Hall–Kier alpha value is -2.42. The number of piperidine rings is 1. The second kappa shape index (κ2) is 10.3. The molecule has 2 amide bonds. The molecule has 7 nitrogen and oxygen atoms in total. The predicted octanol–water partition coefficient (Wildman–Crippen LogP) is 2.75. The monoisotopic (exact) mass is 444 g/mol. The highest BCUT2D eigenvalue weighted by Gasteiger charge is 2.30. The van der Waals surface area contributed by atoms with Crippen molar-refractivity contribution in [3.8, 4) is 0 Å². The van der Waals surface area contributed by atoms with Gasteiger partial charge in [-0.3, -0.25) is 0 Å². The number of nitrogens with one attached hydrogen (secondary N) is 2. The molecule has 1 unspecified atom stereocenters. The molecule has 1 saturated heterocycles. The molecule has 2 aromatic carbocycles. The fourth-order valence-corrected chi connectivity index (χ4v) is 5.24. The van der Waals surface area contributed by atoms with E-state index in [2.05, 4.69) is 10.6 Å². The van der Waals surface area contributed by atoms with Crippen LogP contribution in [0.4, 0.5) is 4.79 Å². The zero-order valence-corrected chi connectivity index (χ0v) is 19.2. The highest BCUT2D eigenvalue weighted by molar-refractivity contribution is 7.89. The summed E-state index contributed by atoms with van der Waals surface area (Å²) in [5, 5.41) is 6.08. The van der Waals surface area contributed by atoms with Crippen molar-refractivity contribution >= 4 is 16.1 Å². The number of nitrogens with zero attached hydrogens (tertiary/aromatic N) is 2. The van der Waals surface area contributed by atoms with Crippen LogP contribution in [0.2, 0.25) is 0 Å². The molecule has 2 N–H and O–H groups in total. The van der Waals surface area contributed by atoms with Crippen LogP contribution in [0.25, 0.3) is 0 Å². The second-order valence-electron chi connectivity index (χ2n) is 8.33. The van der Waals surface area contributed by atoms with Crippen LogP contribution in [0.15, 0.2) is 59.5 Å². The molecule has 0 saturated carbocycles. The zero-order chi connectivity index (χ0) is 22.4. The predicted molar refractivity (Wildman–Crippen MR) is 122 cm³/mol. The van der Waals surface area contributed by atoms with Crippen LogP contribution in [0.3, 0.4) is 0 Å². The Labute approximate surface area is 185 Å². The van der Waals surface area contributed by atoms with Crippen LogP contribution in [0.5, 0.6) is 0 Å². The molecule has 8 heteroatoms. The number of rotatable bonds is 7. The van der Waals surface area contributed by atoms with Gasteiger partial charge in [-0.2, -0.15) is 4.31 Å². The van der Waals surface area contributed by atoms with E-state index in [1.165, 1.54) is 4.31 Å². The third-order valence-electron chi connectivity index (χ3n) is 5.50. The Bertz CT molecular complexity index is 954. The standard InChI is InChI=1S/C23H32N4O3S/c1-18-9-11-21(12-10-18)31(29,30)27-15-13-20(14-16-27)24-23(28)25-22(17-26(2)3)19-7-5-4-6-8-19/h4-12,20,22H,13-17H2,1-3H3,(H2,24,25,28). The summed E-state index contributed by atoms with van der Waals surface area (Å²) >= 11 is 0. The minimum atomic E-state index is -3.50. The Kier molecular flexibility index (Phi) is 7.69. The van der Waals surface area contributed by atoms with Crippen molar-refractivity contribution in [1.29, 1.82) is 0 Å². The van der Waals surface area contributed by atoms with Gasteiger partial charge in [0, 0.05) is 25.7 Å². The third kappa shape index (κ3) is 6.29. The molecule has 2 aromatic rings. The summed E-state index contributed by atoms with van der Waals surface area (Å²) in [5.74, 6) is 0. The van der Waals surface area contributed by atoms with Crippen LogP contribution in [0, 0.1) is 6.92 Å². The normalized spacial score (nSPS) is 16.8. The van der Waals surface area contributed by atoms with Crippen LogP contribution >= 0.6 is 0 Å². The summed E-state index contributed by atoms with van der Waals surface area (Å²) in [6.45, 7) is 3.39. The average molecular weight is 445 g/mol. The van der Waals surface area contributed by atoms with Gasteiger partial charge in [0.25, 0.3) is 0 Å². The number of amides is 2. The first-order valence-corrected chi connectivity index (χ1v) is 12.0. The molecule has 168 valence electrons. The summed E-state index contributed by atoms with van der Waals surface area (Å²) in [5.41, 5.74) is 2.07. The zero-order valence-electron chi connectivity index (χ0n) is 18.4. The molecule has 1 atom stereocenters. The molecule has 1 aliphatic rings. The summed E-state index contributed by atoms with van der Waals surface area (Å²) in [6, 6.07) is 16.4. The molecular formula is C23H32N4O3S. The van der Waals surface area contributed by atoms with Gasteiger partial charge >= 0.3 is 6.03 Å². The summed E-state index contributed by atoms with van der Waals surface area (Å²) in [7, 11) is 0.444. The van der Waals surface area contributed by atoms with E-state index in [1.54, 1.807) is 12.1 Å². The fraction of sp³-hybridized carbons (Fsp3) is 0.435. The topological polar surface area (TPSA) is 81.8 Å². The molecule has 31 heavy (non-hydrogen) atoms. The lowest BCUT2D eigenvalue weighted by Crippen LogP contribution is -2.50. The first-order chi connectivity index (χ1) is 14.8. The minimum absolute atomic E-state index is 0.0553. The fourth-order valence-electron chi connectivity index (χ4n) is 3.77. The van der Waals surface area contributed by atoms with Crippen molar-refractivity contribution in [3.63, 3.8) is 0 Å². The van der Waals surface area contributed by atoms with Gasteiger partial charge in [-0.15, -0.1) is 0 Å². The molecule has 1 heterocycles. The molecule has 3 rings (SSSR count). The van der Waals surface area contributed by atoms with Gasteiger partial charge in [-0.05, 0) is 51.6 Å². The highest BCUT2D eigenvalue weighted by atomic mass is 32.2. The van der Waals surface area contributed by atoms with Crippen LogP contribution < -0.4 is 10.6 Å². The van der Waals surface area contributed by atoms with E-state index in [0.717, 1.165) is 11.1 Å². The van der Waals surface area contributed by atoms with Crippen molar-refractivity contribution in [2.45, 2.75) is 36.7 Å². The lowest BCUT2D eigenvalue weighted by Gasteiger charge is -2.32. The SMILES string of the molecule is Cc1ccc(S(=O)(=O)N2CCC(NC(=O)NC(CN(C)C)c3ccccc3)CC2)cc1. The van der Waals surface area contributed by atoms with Crippen LogP contribution in [-0.4, -0.2) is 63.4 Å². The van der Waals surface area contributed by atoms with E-state index in [4.69, 9.17) is 0 Å². The summed E-state index contributed by atoms with van der Waals surface area (Å²) in [4.78, 5) is 15.0. The average Bonchev–Trinajstić information content (AvgIpc) is 2.74. The number of sulfonamides is 1. The molecule has 0 aliphatic carbocycles. The summed E-state index contributed by atoms with van der Waals surface area (Å²) in [6.07, 6.45) is 1.17. The van der Waals surface area contributed by atoms with E-state index in [1.807, 2.05) is 68.4 Å². The molecule has 0 bridgehead atoms. The smallest absolute Gasteiger partial charge is 0.315 e. The van der Waals surface area contributed by atoms with Crippen LogP contribution in [-0.2, 0) is 10.0 Å². The second-order valence-corrected chi connectivity index (χ2v) is 10.3. The number of carbonyl (C=O) groups excluding carboxylic acids is 1. The first-order valence-electron chi connectivity index (χ1n) is 10.6. The van der Waals surface area contributed by atoms with Gasteiger partial charge in [0.1, 0.15) is 0 Å². The number of aryl methyl sites for hydroxylation is 1. The first kappa shape index (κ1) is 23.2. The van der Waals surface area contributed by atoms with Crippen molar-refractivity contribution < 1.29 is 13.2 Å². The molecule has 0 aromatic heterocycles. The third-order valence-corrected chi connectivity index (χ3v) is 7.42. The van der Waals surface area contributed by atoms with Gasteiger partial charge < -0.3 is 15.5 Å². The molecular weight excluding hydrogens is 412 g/mol. The van der Waals surface area contributed by atoms with E-state index in [9.17, 15) is 13.2 Å². The lowest BCUT2D eigenvalue weighted by atomic mass is 10.1. The maximum atomic E-state index is 12.9. The van der Waals surface area contributed by atoms with Gasteiger partial charge in [0.15, 0.2) is 0 Å². The number of hydrogen-bond donors (Lipinski definition) is 2. The van der Waals surface area contributed by atoms with Gasteiger partial charge in [0.2, 0.25) is 10.0 Å².